The molecule has 0 aliphatic heterocycles. The van der Waals surface area contributed by atoms with Crippen molar-refractivity contribution in [1.82, 2.24) is 0 Å². The Morgan fingerprint density at radius 3 is 2.67 bits per heavy atom. The predicted molar refractivity (Wildman–Crippen MR) is 55.4 cm³/mol. The molecule has 0 heterocycles. The molecule has 0 saturated heterocycles. The number of phenolic OH excluding ortho intramolecular Hbond substituents is 1. The molecular formula is C8H7N3O3S. The molecule has 0 bridgehead atoms. The average molecular weight is 225 g/mol. The van der Waals surface area contributed by atoms with Crippen LogP contribution < -0.4 is 11.1 Å². The van der Waals surface area contributed by atoms with Gasteiger partial charge in [0.15, 0.2) is 0 Å². The van der Waals surface area contributed by atoms with Crippen molar-refractivity contribution in [3.05, 3.63) is 23.8 Å². The molecule has 0 radical (unpaired) electrons. The van der Waals surface area contributed by atoms with Crippen molar-refractivity contribution >= 4 is 30.1 Å². The highest BCUT2D eigenvalue weighted by Gasteiger charge is 2.10. The highest BCUT2D eigenvalue weighted by molar-refractivity contribution is 7.47. The zero-order chi connectivity index (χ0) is 11.4. The molecule has 3 amide bonds. The maximum absolute atomic E-state index is 10.9. The SMILES string of the molecule is NC(=O)c1ccc(O)cc1NC(=O)N=S. The maximum Gasteiger partial charge on any atom is 0.356 e. The number of rotatable bonds is 2. The lowest BCUT2D eigenvalue weighted by Gasteiger charge is -2.06. The summed E-state index contributed by atoms with van der Waals surface area (Å²) in [5.74, 6) is -0.839. The van der Waals surface area contributed by atoms with Crippen molar-refractivity contribution in [1.29, 1.82) is 0 Å². The van der Waals surface area contributed by atoms with E-state index in [1.807, 2.05) is 0 Å². The molecule has 0 aliphatic rings. The number of amides is 3. The Hall–Kier alpha value is -2.02. The fourth-order valence-corrected chi connectivity index (χ4v) is 1.03. The van der Waals surface area contributed by atoms with Gasteiger partial charge in [-0.25, -0.2) is 4.79 Å². The second kappa shape index (κ2) is 4.47. The first-order valence-corrected chi connectivity index (χ1v) is 4.18. The summed E-state index contributed by atoms with van der Waals surface area (Å²) in [6.07, 6.45) is 0. The van der Waals surface area contributed by atoms with Crippen molar-refractivity contribution < 1.29 is 14.7 Å². The summed E-state index contributed by atoms with van der Waals surface area (Å²) in [7, 11) is 0. The van der Waals surface area contributed by atoms with E-state index in [2.05, 4.69) is 22.1 Å². The summed E-state index contributed by atoms with van der Waals surface area (Å²) in [5, 5.41) is 11.4. The van der Waals surface area contributed by atoms with Gasteiger partial charge in [-0.05, 0) is 12.1 Å². The van der Waals surface area contributed by atoms with Crippen LogP contribution in [0.25, 0.3) is 0 Å². The maximum atomic E-state index is 10.9. The lowest BCUT2D eigenvalue weighted by atomic mass is 10.1. The smallest absolute Gasteiger partial charge is 0.356 e. The van der Waals surface area contributed by atoms with E-state index in [9.17, 15) is 9.59 Å². The Labute approximate surface area is 90.3 Å². The normalized spacial score (nSPS) is 9.33. The van der Waals surface area contributed by atoms with Crippen LogP contribution in [0.15, 0.2) is 22.6 Å². The molecule has 0 spiro atoms. The van der Waals surface area contributed by atoms with Crippen LogP contribution in [0.4, 0.5) is 10.5 Å². The standard InChI is InChI=1S/C8H7N3O3S/c9-7(13)5-2-1-4(12)3-6(5)10-8(14)11-15/h1-3,12H,(H2,9,13)(H,10,14). The van der Waals surface area contributed by atoms with Gasteiger partial charge in [0, 0.05) is 18.5 Å². The predicted octanol–water partition coefficient (Wildman–Crippen LogP) is 0.753. The van der Waals surface area contributed by atoms with Gasteiger partial charge in [-0.1, -0.05) is 0 Å². The number of nitrogens with zero attached hydrogens (tertiary/aromatic N) is 1. The van der Waals surface area contributed by atoms with Crippen molar-refractivity contribution in [3.63, 3.8) is 0 Å². The lowest BCUT2D eigenvalue weighted by molar-refractivity contribution is 0.100. The van der Waals surface area contributed by atoms with Crippen LogP contribution in [0.3, 0.4) is 0 Å². The molecule has 0 aliphatic carbocycles. The monoisotopic (exact) mass is 225 g/mol. The van der Waals surface area contributed by atoms with E-state index in [1.54, 1.807) is 0 Å². The molecule has 7 heteroatoms. The van der Waals surface area contributed by atoms with Crippen LogP contribution in [0, 0.1) is 0 Å². The Bertz CT molecular complexity index is 433. The molecule has 0 aromatic heterocycles. The highest BCUT2D eigenvalue weighted by atomic mass is 32.1. The number of nitrogens with one attached hydrogen (secondary N) is 1. The molecule has 0 saturated carbocycles. The molecule has 0 unspecified atom stereocenters. The number of hydrogen-bond acceptors (Lipinski definition) is 4. The minimum atomic E-state index is -0.807. The van der Waals surface area contributed by atoms with E-state index in [0.717, 1.165) is 0 Å². The minimum Gasteiger partial charge on any atom is -0.508 e. The summed E-state index contributed by atoms with van der Waals surface area (Å²) in [4.78, 5) is 21.8. The van der Waals surface area contributed by atoms with Crippen molar-refractivity contribution in [2.75, 3.05) is 5.32 Å². The quantitative estimate of drug-likeness (QED) is 0.690. The number of urea groups is 1. The molecule has 6 nitrogen and oxygen atoms in total. The van der Waals surface area contributed by atoms with E-state index in [0.29, 0.717) is 0 Å². The van der Waals surface area contributed by atoms with Gasteiger partial charge in [-0.3, -0.25) is 4.79 Å². The second-order valence-corrected chi connectivity index (χ2v) is 2.80. The Balaban J connectivity index is 3.12. The fraction of sp³-hybridized carbons (Fsp3) is 0. The van der Waals surface area contributed by atoms with Crippen LogP contribution in [-0.4, -0.2) is 17.0 Å². The number of aromatic hydroxyl groups is 1. The van der Waals surface area contributed by atoms with E-state index in [1.165, 1.54) is 18.2 Å². The number of primary amides is 1. The molecule has 0 atom stereocenters. The summed E-state index contributed by atoms with van der Waals surface area (Å²) in [6, 6.07) is 2.94. The Morgan fingerprint density at radius 2 is 2.13 bits per heavy atom. The Kier molecular flexibility index (Phi) is 3.29. The Morgan fingerprint density at radius 1 is 1.47 bits per heavy atom. The van der Waals surface area contributed by atoms with Gasteiger partial charge in [-0.2, -0.15) is 0 Å². The van der Waals surface area contributed by atoms with E-state index < -0.39 is 11.9 Å². The first-order valence-electron chi connectivity index (χ1n) is 3.81. The third kappa shape index (κ3) is 2.71. The van der Waals surface area contributed by atoms with Gasteiger partial charge in [-0.15, -0.1) is 4.36 Å². The molecule has 78 valence electrons. The third-order valence-corrected chi connectivity index (χ3v) is 1.76. The summed E-state index contributed by atoms with van der Waals surface area (Å²) in [6.45, 7) is 0. The molecular weight excluding hydrogens is 218 g/mol. The first-order chi connectivity index (χ1) is 7.04. The lowest BCUT2D eigenvalue weighted by Crippen LogP contribution is -2.16. The number of carbonyl (C=O) groups is 2. The second-order valence-electron chi connectivity index (χ2n) is 2.62. The fourth-order valence-electron chi connectivity index (χ4n) is 0.989. The van der Waals surface area contributed by atoms with Crippen LogP contribution in [0.5, 0.6) is 5.75 Å². The molecule has 15 heavy (non-hydrogen) atoms. The van der Waals surface area contributed by atoms with Gasteiger partial charge in [0.05, 0.1) is 11.3 Å². The average Bonchev–Trinajstić information content (AvgIpc) is 2.17. The van der Waals surface area contributed by atoms with E-state index in [-0.39, 0.29) is 17.0 Å². The summed E-state index contributed by atoms with van der Waals surface area (Å²) in [5.41, 5.74) is 5.19. The molecule has 4 N–H and O–H groups in total. The largest absolute Gasteiger partial charge is 0.508 e. The van der Waals surface area contributed by atoms with E-state index in [4.69, 9.17) is 10.8 Å². The van der Waals surface area contributed by atoms with Gasteiger partial charge in [0.2, 0.25) is 0 Å². The number of phenols is 1. The van der Waals surface area contributed by atoms with Crippen LogP contribution in [-0.2, 0) is 12.4 Å². The van der Waals surface area contributed by atoms with Crippen LogP contribution in [0.1, 0.15) is 10.4 Å². The number of carbonyl (C=O) groups excluding carboxylic acids is 2. The molecule has 1 aromatic carbocycles. The molecule has 1 rings (SSSR count). The number of nitrogens with two attached hydrogens (primary N) is 1. The van der Waals surface area contributed by atoms with E-state index >= 15 is 0 Å². The third-order valence-electron chi connectivity index (χ3n) is 1.59. The summed E-state index contributed by atoms with van der Waals surface area (Å²) < 4.78 is 2.91. The minimum absolute atomic E-state index is 0.0693. The summed E-state index contributed by atoms with van der Waals surface area (Å²) >= 11 is 4.15. The van der Waals surface area contributed by atoms with Gasteiger partial charge in [0.25, 0.3) is 5.91 Å². The zero-order valence-corrected chi connectivity index (χ0v) is 8.25. The van der Waals surface area contributed by atoms with Gasteiger partial charge < -0.3 is 16.2 Å². The highest BCUT2D eigenvalue weighted by Crippen LogP contribution is 2.21. The number of hydrogen-bond donors (Lipinski definition) is 3. The van der Waals surface area contributed by atoms with Crippen molar-refractivity contribution in [3.8, 4) is 5.75 Å². The number of anilines is 1. The topological polar surface area (TPSA) is 105 Å². The number of benzene rings is 1. The van der Waals surface area contributed by atoms with Crippen molar-refractivity contribution in [2.45, 2.75) is 0 Å². The van der Waals surface area contributed by atoms with Crippen molar-refractivity contribution in [2.24, 2.45) is 10.1 Å². The zero-order valence-electron chi connectivity index (χ0n) is 7.43. The molecule has 0 fully saturated rings. The van der Waals surface area contributed by atoms with Crippen LogP contribution in [0.2, 0.25) is 0 Å². The van der Waals surface area contributed by atoms with Gasteiger partial charge >= 0.3 is 6.03 Å². The molecule has 1 aromatic rings. The van der Waals surface area contributed by atoms with Gasteiger partial charge in [0.1, 0.15) is 5.75 Å². The first kappa shape index (κ1) is 11.1. The van der Waals surface area contributed by atoms with Crippen LogP contribution >= 0.6 is 0 Å².